The van der Waals surface area contributed by atoms with Crippen LogP contribution >= 0.6 is 0 Å². The summed E-state index contributed by atoms with van der Waals surface area (Å²) in [4.78, 5) is 21.9. The van der Waals surface area contributed by atoms with Crippen LogP contribution < -0.4 is 10.2 Å². The lowest BCUT2D eigenvalue weighted by atomic mass is 9.75. The third kappa shape index (κ3) is 5.93. The average Bonchev–Trinajstić information content (AvgIpc) is 2.71. The Bertz CT molecular complexity index is 660. The van der Waals surface area contributed by atoms with Crippen LogP contribution in [0.15, 0.2) is 24.3 Å². The summed E-state index contributed by atoms with van der Waals surface area (Å²) in [6.07, 6.45) is 2.52. The molecule has 4 atom stereocenters. The van der Waals surface area contributed by atoms with Crippen molar-refractivity contribution < 1.29 is 4.79 Å². The molecule has 29 heavy (non-hydrogen) atoms. The first-order valence-electron chi connectivity index (χ1n) is 11.0. The summed E-state index contributed by atoms with van der Waals surface area (Å²) in [5, 5.41) is 3.18. The highest BCUT2D eigenvalue weighted by atomic mass is 16.1. The second kappa shape index (κ2) is 9.92. The zero-order valence-electron chi connectivity index (χ0n) is 18.9. The molecule has 3 heterocycles. The largest absolute Gasteiger partial charge is 0.378 e. The summed E-state index contributed by atoms with van der Waals surface area (Å²) in [5.74, 6) is 1.60. The van der Waals surface area contributed by atoms with Crippen molar-refractivity contribution in [3.63, 3.8) is 0 Å². The van der Waals surface area contributed by atoms with Gasteiger partial charge in [0, 0.05) is 64.1 Å². The van der Waals surface area contributed by atoms with Gasteiger partial charge < -0.3 is 20.0 Å². The molecule has 0 saturated carbocycles. The molecule has 0 aromatic heterocycles. The molecule has 2 bridgehead atoms. The van der Waals surface area contributed by atoms with E-state index in [2.05, 4.69) is 41.2 Å². The van der Waals surface area contributed by atoms with Crippen LogP contribution in [-0.4, -0.2) is 101 Å². The van der Waals surface area contributed by atoms with Crippen LogP contribution in [0.25, 0.3) is 0 Å². The van der Waals surface area contributed by atoms with Crippen molar-refractivity contribution in [2.45, 2.75) is 18.9 Å². The first-order valence-corrected chi connectivity index (χ1v) is 11.0. The molecule has 1 N–H and O–H groups in total. The lowest BCUT2D eigenvalue weighted by Crippen LogP contribution is -2.58. The van der Waals surface area contributed by atoms with E-state index < -0.39 is 0 Å². The van der Waals surface area contributed by atoms with E-state index in [0.29, 0.717) is 6.04 Å². The number of hydrogen-bond acceptors (Lipinski definition) is 5. The van der Waals surface area contributed by atoms with Crippen molar-refractivity contribution in [3.05, 3.63) is 29.8 Å². The van der Waals surface area contributed by atoms with Crippen molar-refractivity contribution in [2.75, 3.05) is 79.4 Å². The molecule has 3 aliphatic heterocycles. The van der Waals surface area contributed by atoms with Gasteiger partial charge in [0.2, 0.25) is 0 Å². The number of anilines is 1. The number of likely N-dealkylation sites (N-methyl/N-ethyl adjacent to an activating group) is 2. The molecular formula is C23H39N5O. The van der Waals surface area contributed by atoms with Crippen molar-refractivity contribution in [2.24, 2.45) is 11.8 Å². The van der Waals surface area contributed by atoms with E-state index in [1.807, 2.05) is 43.3 Å². The van der Waals surface area contributed by atoms with E-state index in [0.717, 1.165) is 42.7 Å². The molecule has 4 rings (SSSR count). The van der Waals surface area contributed by atoms with Crippen LogP contribution in [0.4, 0.5) is 5.69 Å². The fraction of sp³-hybridized carbons (Fsp3) is 0.696. The summed E-state index contributed by atoms with van der Waals surface area (Å²) in [6, 6.07) is 8.31. The van der Waals surface area contributed by atoms with Gasteiger partial charge in [-0.05, 0) is 76.6 Å². The Morgan fingerprint density at radius 1 is 1.10 bits per heavy atom. The number of fused-ring (bicyclic) bond motifs is 3. The number of carbonyl (C=O) groups excluding carboxylic acids is 1. The van der Waals surface area contributed by atoms with Gasteiger partial charge in [-0.15, -0.1) is 0 Å². The van der Waals surface area contributed by atoms with E-state index in [1.54, 1.807) is 0 Å². The summed E-state index contributed by atoms with van der Waals surface area (Å²) in [5.41, 5.74) is 1.85. The van der Waals surface area contributed by atoms with Crippen LogP contribution in [0.2, 0.25) is 0 Å². The molecule has 1 aromatic rings. The van der Waals surface area contributed by atoms with Gasteiger partial charge in [-0.2, -0.15) is 0 Å². The number of piperidine rings is 3. The number of nitrogens with zero attached hydrogens (tertiary/aromatic N) is 4. The number of hydrogen-bond donors (Lipinski definition) is 1. The summed E-state index contributed by atoms with van der Waals surface area (Å²) < 4.78 is 0. The first kappa shape index (κ1) is 22.1. The Kier molecular flexibility index (Phi) is 7.55. The van der Waals surface area contributed by atoms with Crippen LogP contribution in [-0.2, 0) is 0 Å². The fourth-order valence-corrected chi connectivity index (χ4v) is 4.75. The summed E-state index contributed by atoms with van der Waals surface area (Å²) in [7, 11) is 10.5. The van der Waals surface area contributed by atoms with Crippen LogP contribution in [0.3, 0.4) is 0 Å². The molecule has 1 unspecified atom stereocenters. The molecule has 3 aliphatic rings. The molecule has 1 aromatic carbocycles. The Labute approximate surface area is 176 Å². The first-order chi connectivity index (χ1) is 13.8. The summed E-state index contributed by atoms with van der Waals surface area (Å²) in [6.45, 7) is 6.54. The highest BCUT2D eigenvalue weighted by Gasteiger charge is 2.40. The second-order valence-corrected chi connectivity index (χ2v) is 9.41. The summed E-state index contributed by atoms with van der Waals surface area (Å²) >= 11 is 0. The third-order valence-electron chi connectivity index (χ3n) is 6.63. The van der Waals surface area contributed by atoms with Gasteiger partial charge in [-0.1, -0.05) is 0 Å². The fourth-order valence-electron chi connectivity index (χ4n) is 4.75. The molecule has 6 nitrogen and oxygen atoms in total. The second-order valence-electron chi connectivity index (χ2n) is 9.41. The number of benzene rings is 1. The molecule has 0 radical (unpaired) electrons. The lowest BCUT2D eigenvalue weighted by Gasteiger charge is -2.50. The van der Waals surface area contributed by atoms with Gasteiger partial charge in [-0.3, -0.25) is 9.69 Å². The Balaban J connectivity index is 1.46. The number of rotatable bonds is 9. The Morgan fingerprint density at radius 2 is 1.83 bits per heavy atom. The zero-order valence-corrected chi connectivity index (χ0v) is 18.9. The van der Waals surface area contributed by atoms with Gasteiger partial charge in [0.1, 0.15) is 0 Å². The quantitative estimate of drug-likeness (QED) is 0.682. The monoisotopic (exact) mass is 401 g/mol. The van der Waals surface area contributed by atoms with E-state index in [-0.39, 0.29) is 5.91 Å². The third-order valence-corrected chi connectivity index (χ3v) is 6.63. The molecule has 1 amide bonds. The molecule has 3 saturated heterocycles. The molecule has 6 heteroatoms. The molecule has 0 aliphatic carbocycles. The van der Waals surface area contributed by atoms with Crippen molar-refractivity contribution in [1.82, 2.24) is 20.0 Å². The van der Waals surface area contributed by atoms with Crippen LogP contribution in [0.1, 0.15) is 23.2 Å². The maximum Gasteiger partial charge on any atom is 0.251 e. The van der Waals surface area contributed by atoms with E-state index >= 15 is 0 Å². The van der Waals surface area contributed by atoms with Gasteiger partial charge in [-0.25, -0.2) is 0 Å². The molecule has 0 spiro atoms. The highest BCUT2D eigenvalue weighted by Crippen LogP contribution is 2.36. The van der Waals surface area contributed by atoms with Crippen molar-refractivity contribution in [3.8, 4) is 0 Å². The van der Waals surface area contributed by atoms with Crippen LogP contribution in [0, 0.1) is 11.8 Å². The number of nitrogens with one attached hydrogen (secondary N) is 1. The predicted molar refractivity (Wildman–Crippen MR) is 121 cm³/mol. The van der Waals surface area contributed by atoms with Crippen molar-refractivity contribution >= 4 is 11.6 Å². The van der Waals surface area contributed by atoms with Gasteiger partial charge in [0.05, 0.1) is 0 Å². The van der Waals surface area contributed by atoms with E-state index in [9.17, 15) is 4.79 Å². The SMILES string of the molecule is CN(C)CCN(C)C[C@H]1CN2CC[C@H]1C[C@@H]2CNC(=O)c1ccc(N(C)C)cc1. The topological polar surface area (TPSA) is 42.1 Å². The average molecular weight is 402 g/mol. The smallest absolute Gasteiger partial charge is 0.251 e. The van der Waals surface area contributed by atoms with Crippen molar-refractivity contribution in [1.29, 1.82) is 0 Å². The standard InChI is InChI=1S/C23H39N5O/c1-25(2)12-13-27(5)16-20-17-28-11-10-19(20)14-22(28)15-24-23(29)18-6-8-21(9-7-18)26(3)4/h6-9,19-20,22H,10-17H2,1-5H3,(H,24,29)/t19-,20-,22+/m0/s1. The van der Waals surface area contributed by atoms with Gasteiger partial charge in [0.25, 0.3) is 5.91 Å². The van der Waals surface area contributed by atoms with E-state index in [4.69, 9.17) is 0 Å². The Morgan fingerprint density at radius 3 is 2.41 bits per heavy atom. The lowest BCUT2D eigenvalue weighted by molar-refractivity contribution is -0.00916. The maximum absolute atomic E-state index is 12.6. The molecular weight excluding hydrogens is 362 g/mol. The van der Waals surface area contributed by atoms with Gasteiger partial charge in [0.15, 0.2) is 0 Å². The maximum atomic E-state index is 12.6. The Hall–Kier alpha value is -1.63. The predicted octanol–water partition coefficient (Wildman–Crippen LogP) is 1.69. The number of carbonyl (C=O) groups is 1. The normalized spacial score (nSPS) is 26.2. The number of amides is 1. The minimum Gasteiger partial charge on any atom is -0.378 e. The van der Waals surface area contributed by atoms with E-state index in [1.165, 1.54) is 32.5 Å². The van der Waals surface area contributed by atoms with Gasteiger partial charge >= 0.3 is 0 Å². The zero-order chi connectivity index (χ0) is 21.0. The molecule has 3 fully saturated rings. The minimum absolute atomic E-state index is 0.0397. The minimum atomic E-state index is 0.0397. The highest BCUT2D eigenvalue weighted by molar-refractivity contribution is 5.94. The molecule has 162 valence electrons. The van der Waals surface area contributed by atoms with Crippen LogP contribution in [0.5, 0.6) is 0 Å².